The van der Waals surface area contributed by atoms with Crippen molar-refractivity contribution >= 4 is 27.5 Å². The van der Waals surface area contributed by atoms with Gasteiger partial charge >= 0.3 is 0 Å². The Kier molecular flexibility index (Phi) is 5.90. The van der Waals surface area contributed by atoms with Crippen LogP contribution in [0.25, 0.3) is 0 Å². The summed E-state index contributed by atoms with van der Waals surface area (Å²) in [4.78, 5) is 2.18. The van der Waals surface area contributed by atoms with Crippen LogP contribution >= 0.6 is 11.6 Å². The average Bonchev–Trinajstić information content (AvgIpc) is 2.62. The maximum Gasteiger partial charge on any atom is 0.282 e. The van der Waals surface area contributed by atoms with E-state index in [0.717, 1.165) is 29.1 Å². The molecule has 0 aliphatic carbocycles. The molecule has 2 fully saturated rings. The monoisotopic (exact) mass is 387 g/mol. The van der Waals surface area contributed by atoms with Crippen LogP contribution in [0.4, 0.5) is 5.69 Å². The number of anilines is 1. The molecule has 0 saturated carbocycles. The van der Waals surface area contributed by atoms with Crippen LogP contribution < -0.4 is 4.90 Å². The Hall–Kier alpha value is -0.860. The zero-order valence-electron chi connectivity index (χ0n) is 14.8. The van der Waals surface area contributed by atoms with Gasteiger partial charge in [-0.2, -0.15) is 17.0 Å². The van der Waals surface area contributed by atoms with Crippen molar-refractivity contribution in [1.29, 1.82) is 0 Å². The summed E-state index contributed by atoms with van der Waals surface area (Å²) in [5.74, 6) is 0. The van der Waals surface area contributed by atoms with Gasteiger partial charge in [-0.05, 0) is 31.4 Å². The smallest absolute Gasteiger partial charge is 0.282 e. The molecule has 2 saturated heterocycles. The molecular weight excluding hydrogens is 362 g/mol. The van der Waals surface area contributed by atoms with E-state index in [4.69, 9.17) is 16.3 Å². The molecule has 1 aromatic carbocycles. The first-order valence-corrected chi connectivity index (χ1v) is 10.5. The number of benzene rings is 1. The normalized spacial score (nSPS) is 21.0. The minimum Gasteiger partial charge on any atom is -0.381 e. The molecule has 0 N–H and O–H groups in total. The van der Waals surface area contributed by atoms with E-state index >= 15 is 0 Å². The van der Waals surface area contributed by atoms with Crippen LogP contribution in [0.15, 0.2) is 18.2 Å². The van der Waals surface area contributed by atoms with E-state index in [1.165, 1.54) is 4.31 Å². The van der Waals surface area contributed by atoms with E-state index in [1.807, 2.05) is 25.1 Å². The molecule has 0 atom stereocenters. The van der Waals surface area contributed by atoms with Crippen LogP contribution in [-0.2, 0) is 14.9 Å². The number of nitrogens with zero attached hydrogens (tertiary/aromatic N) is 3. The molecular formula is C17H26ClN3O3S. The predicted molar refractivity (Wildman–Crippen MR) is 100 cm³/mol. The SMILES string of the molecule is Cc1cccc(Cl)c1N1CCN(S(=O)(=O)N(C)C2CCOCC2)CC1. The number of hydrogen-bond acceptors (Lipinski definition) is 4. The Bertz CT molecular complexity index is 679. The van der Waals surface area contributed by atoms with Gasteiger partial charge in [-0.3, -0.25) is 0 Å². The van der Waals surface area contributed by atoms with E-state index < -0.39 is 10.2 Å². The van der Waals surface area contributed by atoms with Crippen LogP contribution in [0.1, 0.15) is 18.4 Å². The maximum absolute atomic E-state index is 12.9. The second-order valence-electron chi connectivity index (χ2n) is 6.66. The maximum atomic E-state index is 12.9. The van der Waals surface area contributed by atoms with Crippen LogP contribution in [0, 0.1) is 6.92 Å². The topological polar surface area (TPSA) is 53.1 Å². The van der Waals surface area contributed by atoms with Crippen molar-refractivity contribution in [3.05, 3.63) is 28.8 Å². The van der Waals surface area contributed by atoms with Gasteiger partial charge in [0.2, 0.25) is 0 Å². The molecule has 0 unspecified atom stereocenters. The van der Waals surface area contributed by atoms with E-state index in [9.17, 15) is 8.42 Å². The van der Waals surface area contributed by atoms with E-state index in [-0.39, 0.29) is 6.04 Å². The molecule has 140 valence electrons. The number of rotatable bonds is 4. The Morgan fingerprint density at radius 2 is 1.80 bits per heavy atom. The van der Waals surface area contributed by atoms with Gasteiger partial charge in [-0.1, -0.05) is 23.7 Å². The molecule has 6 nitrogen and oxygen atoms in total. The van der Waals surface area contributed by atoms with Crippen molar-refractivity contribution in [3.8, 4) is 0 Å². The summed E-state index contributed by atoms with van der Waals surface area (Å²) in [7, 11) is -1.75. The van der Waals surface area contributed by atoms with Gasteiger partial charge in [0.1, 0.15) is 0 Å². The Labute approximate surface area is 155 Å². The summed E-state index contributed by atoms with van der Waals surface area (Å²) < 4.78 is 34.3. The predicted octanol–water partition coefficient (Wildman–Crippen LogP) is 2.13. The summed E-state index contributed by atoms with van der Waals surface area (Å²) in [5, 5.41) is 0.718. The highest BCUT2D eigenvalue weighted by Gasteiger charge is 2.35. The third kappa shape index (κ3) is 3.95. The van der Waals surface area contributed by atoms with Crippen LogP contribution in [0.2, 0.25) is 5.02 Å². The minimum absolute atomic E-state index is 0.0302. The van der Waals surface area contributed by atoms with Gasteiger partial charge in [0.15, 0.2) is 0 Å². The molecule has 3 rings (SSSR count). The van der Waals surface area contributed by atoms with Gasteiger partial charge in [0.25, 0.3) is 10.2 Å². The fraction of sp³-hybridized carbons (Fsp3) is 0.647. The van der Waals surface area contributed by atoms with Gasteiger partial charge in [-0.15, -0.1) is 0 Å². The third-order valence-electron chi connectivity index (χ3n) is 5.14. The second kappa shape index (κ2) is 7.80. The zero-order chi connectivity index (χ0) is 18.0. The summed E-state index contributed by atoms with van der Waals surface area (Å²) in [6.45, 7) is 5.52. The van der Waals surface area contributed by atoms with Crippen LogP contribution in [0.3, 0.4) is 0 Å². The highest BCUT2D eigenvalue weighted by Crippen LogP contribution is 2.30. The molecule has 2 aliphatic heterocycles. The highest BCUT2D eigenvalue weighted by atomic mass is 35.5. The van der Waals surface area contributed by atoms with Crippen LogP contribution in [-0.4, -0.2) is 69.5 Å². The van der Waals surface area contributed by atoms with Crippen LogP contribution in [0.5, 0.6) is 0 Å². The van der Waals surface area contributed by atoms with Crippen molar-refractivity contribution in [2.45, 2.75) is 25.8 Å². The lowest BCUT2D eigenvalue weighted by Gasteiger charge is -2.39. The fourth-order valence-electron chi connectivity index (χ4n) is 3.59. The lowest BCUT2D eigenvalue weighted by Crippen LogP contribution is -2.54. The Balaban J connectivity index is 1.67. The van der Waals surface area contributed by atoms with E-state index in [1.54, 1.807) is 11.4 Å². The second-order valence-corrected chi connectivity index (χ2v) is 9.05. The van der Waals surface area contributed by atoms with Gasteiger partial charge in [0, 0.05) is 52.5 Å². The standard InChI is InChI=1S/C17H26ClN3O3S/c1-14-4-3-5-16(18)17(14)20-8-10-21(11-9-20)25(22,23)19(2)15-6-12-24-13-7-15/h3-5,15H,6-13H2,1-2H3. The molecule has 0 spiro atoms. The Morgan fingerprint density at radius 3 is 2.40 bits per heavy atom. The minimum atomic E-state index is -3.44. The number of aryl methyl sites for hydroxylation is 1. The number of ether oxygens (including phenoxy) is 1. The molecule has 2 heterocycles. The number of piperazine rings is 1. The van der Waals surface area contributed by atoms with Crippen molar-refractivity contribution in [1.82, 2.24) is 8.61 Å². The number of hydrogen-bond donors (Lipinski definition) is 0. The average molecular weight is 388 g/mol. The Morgan fingerprint density at radius 1 is 1.16 bits per heavy atom. The number of para-hydroxylation sites is 1. The molecule has 0 amide bonds. The molecule has 0 aromatic heterocycles. The summed E-state index contributed by atoms with van der Waals surface area (Å²) in [5.41, 5.74) is 2.13. The van der Waals surface area contributed by atoms with E-state index in [0.29, 0.717) is 39.4 Å². The first kappa shape index (κ1) is 18.9. The first-order valence-electron chi connectivity index (χ1n) is 8.72. The van der Waals surface area contributed by atoms with Gasteiger partial charge < -0.3 is 9.64 Å². The van der Waals surface area contributed by atoms with Crippen molar-refractivity contribution < 1.29 is 13.2 Å². The third-order valence-corrected chi connectivity index (χ3v) is 7.49. The lowest BCUT2D eigenvalue weighted by atomic mass is 10.1. The molecule has 1 aromatic rings. The molecule has 25 heavy (non-hydrogen) atoms. The zero-order valence-corrected chi connectivity index (χ0v) is 16.4. The fourth-order valence-corrected chi connectivity index (χ4v) is 5.50. The summed E-state index contributed by atoms with van der Waals surface area (Å²) >= 11 is 6.35. The molecule has 8 heteroatoms. The van der Waals surface area contributed by atoms with Gasteiger partial charge in [-0.25, -0.2) is 0 Å². The highest BCUT2D eigenvalue weighted by molar-refractivity contribution is 7.86. The summed E-state index contributed by atoms with van der Waals surface area (Å²) in [6.07, 6.45) is 1.52. The molecule has 0 radical (unpaired) electrons. The lowest BCUT2D eigenvalue weighted by molar-refractivity contribution is 0.0617. The van der Waals surface area contributed by atoms with Crippen molar-refractivity contribution in [2.24, 2.45) is 0 Å². The molecule has 2 aliphatic rings. The van der Waals surface area contributed by atoms with Gasteiger partial charge in [0.05, 0.1) is 10.7 Å². The first-order chi connectivity index (χ1) is 11.9. The summed E-state index contributed by atoms with van der Waals surface area (Å²) in [6, 6.07) is 5.88. The quantitative estimate of drug-likeness (QED) is 0.794. The van der Waals surface area contributed by atoms with Crippen molar-refractivity contribution in [3.63, 3.8) is 0 Å². The van der Waals surface area contributed by atoms with E-state index in [2.05, 4.69) is 4.90 Å². The van der Waals surface area contributed by atoms with Crippen molar-refractivity contribution in [2.75, 3.05) is 51.3 Å². The number of halogens is 1. The largest absolute Gasteiger partial charge is 0.381 e. The molecule has 0 bridgehead atoms.